The number of hydrogen-bond acceptors (Lipinski definition) is 3. The SMILES string of the molecule is CS(=O)CCCNC(=O)c1cccnc1Br. The second kappa shape index (κ2) is 6.75. The Bertz CT molecular complexity index is 398. The molecule has 0 aromatic carbocycles. The van der Waals surface area contributed by atoms with Crippen LogP contribution in [-0.4, -0.2) is 33.7 Å². The lowest BCUT2D eigenvalue weighted by atomic mass is 10.2. The summed E-state index contributed by atoms with van der Waals surface area (Å²) in [6, 6.07) is 3.41. The predicted molar refractivity (Wildman–Crippen MR) is 67.8 cm³/mol. The molecule has 1 aromatic rings. The van der Waals surface area contributed by atoms with Crippen molar-refractivity contribution in [3.63, 3.8) is 0 Å². The Labute approximate surface area is 105 Å². The monoisotopic (exact) mass is 304 g/mol. The predicted octanol–water partition coefficient (Wildman–Crippen LogP) is 1.34. The van der Waals surface area contributed by atoms with Crippen molar-refractivity contribution in [3.05, 3.63) is 28.5 Å². The molecule has 88 valence electrons. The van der Waals surface area contributed by atoms with Crippen LogP contribution in [0.2, 0.25) is 0 Å². The molecular weight excluding hydrogens is 292 g/mol. The normalized spacial score (nSPS) is 12.1. The van der Waals surface area contributed by atoms with Gasteiger partial charge in [0.15, 0.2) is 0 Å². The van der Waals surface area contributed by atoms with Gasteiger partial charge in [-0.05, 0) is 34.5 Å². The largest absolute Gasteiger partial charge is 0.352 e. The fraction of sp³-hybridized carbons (Fsp3) is 0.400. The summed E-state index contributed by atoms with van der Waals surface area (Å²) in [5.74, 6) is 0.441. The van der Waals surface area contributed by atoms with Crippen molar-refractivity contribution in [1.82, 2.24) is 10.3 Å². The van der Waals surface area contributed by atoms with Crippen LogP contribution < -0.4 is 5.32 Å². The van der Waals surface area contributed by atoms with Crippen molar-refractivity contribution in [2.24, 2.45) is 0 Å². The van der Waals surface area contributed by atoms with Gasteiger partial charge < -0.3 is 5.32 Å². The fourth-order valence-corrected chi connectivity index (χ4v) is 2.11. The molecular formula is C10H13BrN2O2S. The zero-order chi connectivity index (χ0) is 12.0. The smallest absolute Gasteiger partial charge is 0.254 e. The molecule has 1 atom stereocenters. The van der Waals surface area contributed by atoms with E-state index in [4.69, 9.17) is 0 Å². The molecule has 0 aliphatic heterocycles. The van der Waals surface area contributed by atoms with Crippen molar-refractivity contribution in [1.29, 1.82) is 0 Å². The van der Waals surface area contributed by atoms with Crippen LogP contribution in [0.5, 0.6) is 0 Å². The van der Waals surface area contributed by atoms with E-state index in [9.17, 15) is 9.00 Å². The molecule has 1 rings (SSSR count). The molecule has 1 N–H and O–H groups in total. The van der Waals surface area contributed by atoms with Crippen LogP contribution in [0.1, 0.15) is 16.8 Å². The topological polar surface area (TPSA) is 59.1 Å². The highest BCUT2D eigenvalue weighted by Gasteiger charge is 2.08. The number of carbonyl (C=O) groups excluding carboxylic acids is 1. The Morgan fingerprint density at radius 2 is 2.38 bits per heavy atom. The Morgan fingerprint density at radius 1 is 1.62 bits per heavy atom. The van der Waals surface area contributed by atoms with Crippen LogP contribution >= 0.6 is 15.9 Å². The van der Waals surface area contributed by atoms with E-state index < -0.39 is 10.8 Å². The molecule has 6 heteroatoms. The lowest BCUT2D eigenvalue weighted by Crippen LogP contribution is -2.25. The Morgan fingerprint density at radius 3 is 3.00 bits per heavy atom. The third kappa shape index (κ3) is 4.40. The van der Waals surface area contributed by atoms with Gasteiger partial charge in [-0.15, -0.1) is 0 Å². The molecule has 0 fully saturated rings. The van der Waals surface area contributed by atoms with Crippen LogP contribution in [0.25, 0.3) is 0 Å². The van der Waals surface area contributed by atoms with E-state index in [0.717, 1.165) is 0 Å². The summed E-state index contributed by atoms with van der Waals surface area (Å²) in [5.41, 5.74) is 0.514. The second-order valence-electron chi connectivity index (χ2n) is 3.23. The van der Waals surface area contributed by atoms with E-state index in [1.165, 1.54) is 0 Å². The number of aromatic nitrogens is 1. The quantitative estimate of drug-likeness (QED) is 0.660. The standard InChI is InChI=1S/C10H13BrN2O2S/c1-16(15)7-3-6-13-10(14)8-4-2-5-12-9(8)11/h2,4-5H,3,6-7H2,1H3,(H,13,14). The van der Waals surface area contributed by atoms with E-state index >= 15 is 0 Å². The van der Waals surface area contributed by atoms with Gasteiger partial charge in [0.05, 0.1) is 5.56 Å². The molecule has 4 nitrogen and oxygen atoms in total. The van der Waals surface area contributed by atoms with Gasteiger partial charge in [-0.3, -0.25) is 9.00 Å². The first kappa shape index (κ1) is 13.3. The maximum absolute atomic E-state index is 11.7. The second-order valence-corrected chi connectivity index (χ2v) is 5.53. The highest BCUT2D eigenvalue weighted by molar-refractivity contribution is 9.10. The molecule has 16 heavy (non-hydrogen) atoms. The summed E-state index contributed by atoms with van der Waals surface area (Å²) in [6.07, 6.45) is 3.98. The van der Waals surface area contributed by atoms with Crippen molar-refractivity contribution < 1.29 is 9.00 Å². The number of nitrogens with one attached hydrogen (secondary N) is 1. The summed E-state index contributed by atoms with van der Waals surface area (Å²) in [5, 5.41) is 2.75. The number of hydrogen-bond donors (Lipinski definition) is 1. The van der Waals surface area contributed by atoms with Crippen LogP contribution in [0.3, 0.4) is 0 Å². The summed E-state index contributed by atoms with van der Waals surface area (Å²) < 4.78 is 11.3. The van der Waals surface area contributed by atoms with Crippen LogP contribution in [-0.2, 0) is 10.8 Å². The van der Waals surface area contributed by atoms with Gasteiger partial charge in [0, 0.05) is 35.5 Å². The zero-order valence-electron chi connectivity index (χ0n) is 8.90. The molecule has 1 heterocycles. The third-order valence-electron chi connectivity index (χ3n) is 1.90. The summed E-state index contributed by atoms with van der Waals surface area (Å²) in [4.78, 5) is 15.6. The third-order valence-corrected chi connectivity index (χ3v) is 3.39. The van der Waals surface area contributed by atoms with Gasteiger partial charge in [-0.1, -0.05) is 0 Å². The van der Waals surface area contributed by atoms with E-state index in [2.05, 4.69) is 26.2 Å². The van der Waals surface area contributed by atoms with E-state index in [1.807, 2.05) is 0 Å². The first-order valence-electron chi connectivity index (χ1n) is 4.80. The number of carbonyl (C=O) groups is 1. The minimum Gasteiger partial charge on any atom is -0.352 e. The van der Waals surface area contributed by atoms with Gasteiger partial charge in [0.2, 0.25) is 0 Å². The molecule has 1 unspecified atom stereocenters. The maximum atomic E-state index is 11.7. The summed E-state index contributed by atoms with van der Waals surface area (Å²) in [7, 11) is -0.802. The van der Waals surface area contributed by atoms with Crippen LogP contribution in [0.15, 0.2) is 22.9 Å². The van der Waals surface area contributed by atoms with Gasteiger partial charge in [-0.25, -0.2) is 4.98 Å². The Hall–Kier alpha value is -0.750. The number of pyridine rings is 1. The molecule has 0 saturated carbocycles. The minimum absolute atomic E-state index is 0.165. The van der Waals surface area contributed by atoms with Crippen molar-refractivity contribution in [2.45, 2.75) is 6.42 Å². The van der Waals surface area contributed by atoms with E-state index in [-0.39, 0.29) is 5.91 Å². The van der Waals surface area contributed by atoms with Gasteiger partial charge >= 0.3 is 0 Å². The molecule has 0 aliphatic carbocycles. The fourth-order valence-electron chi connectivity index (χ4n) is 1.13. The maximum Gasteiger partial charge on any atom is 0.254 e. The summed E-state index contributed by atoms with van der Waals surface area (Å²) >= 11 is 3.21. The van der Waals surface area contributed by atoms with Crippen LogP contribution in [0.4, 0.5) is 0 Å². The Kier molecular flexibility index (Phi) is 5.62. The number of nitrogens with zero attached hydrogens (tertiary/aromatic N) is 1. The van der Waals surface area contributed by atoms with Gasteiger partial charge in [0.25, 0.3) is 5.91 Å². The summed E-state index contributed by atoms with van der Waals surface area (Å²) in [6.45, 7) is 0.528. The number of amides is 1. The average molecular weight is 305 g/mol. The molecule has 0 bridgehead atoms. The average Bonchev–Trinajstić information content (AvgIpc) is 2.24. The first-order valence-corrected chi connectivity index (χ1v) is 7.32. The van der Waals surface area contributed by atoms with Crippen molar-refractivity contribution in [2.75, 3.05) is 18.6 Å². The number of rotatable bonds is 5. The lowest BCUT2D eigenvalue weighted by molar-refractivity contribution is 0.0952. The molecule has 1 amide bonds. The van der Waals surface area contributed by atoms with E-state index in [0.29, 0.717) is 28.9 Å². The van der Waals surface area contributed by atoms with E-state index in [1.54, 1.807) is 24.6 Å². The minimum atomic E-state index is -0.802. The molecule has 0 spiro atoms. The highest BCUT2D eigenvalue weighted by atomic mass is 79.9. The van der Waals surface area contributed by atoms with Crippen molar-refractivity contribution in [3.8, 4) is 0 Å². The highest BCUT2D eigenvalue weighted by Crippen LogP contribution is 2.11. The van der Waals surface area contributed by atoms with Gasteiger partial charge in [-0.2, -0.15) is 0 Å². The van der Waals surface area contributed by atoms with Gasteiger partial charge in [0.1, 0.15) is 4.60 Å². The molecule has 0 aliphatic rings. The van der Waals surface area contributed by atoms with Crippen LogP contribution in [0, 0.1) is 0 Å². The Balaban J connectivity index is 2.41. The zero-order valence-corrected chi connectivity index (χ0v) is 11.3. The number of halogens is 1. The molecule has 0 saturated heterocycles. The molecule has 1 aromatic heterocycles. The first-order chi connectivity index (χ1) is 7.61. The molecule has 0 radical (unpaired) electrons. The van der Waals surface area contributed by atoms with Crippen molar-refractivity contribution >= 4 is 32.6 Å². The lowest BCUT2D eigenvalue weighted by Gasteiger charge is -2.05.